The van der Waals surface area contributed by atoms with Crippen molar-refractivity contribution in [2.45, 2.75) is 40.0 Å². The molecule has 0 spiro atoms. The van der Waals surface area contributed by atoms with Gasteiger partial charge in [0, 0.05) is 0 Å². The zero-order chi connectivity index (χ0) is 10.9. The largest absolute Gasteiger partial charge is 0.0763 e. The third-order valence-electron chi connectivity index (χ3n) is 3.08. The molecule has 1 aromatic rings. The van der Waals surface area contributed by atoms with Crippen molar-refractivity contribution in [1.82, 2.24) is 0 Å². The van der Waals surface area contributed by atoms with Crippen molar-refractivity contribution in [3.05, 3.63) is 41.5 Å². The first-order valence-corrected chi connectivity index (χ1v) is 5.83. The highest BCUT2D eigenvalue weighted by atomic mass is 14.2. The van der Waals surface area contributed by atoms with Crippen LogP contribution in [0, 0.1) is 5.41 Å². The zero-order valence-electron chi connectivity index (χ0n) is 10.0. The summed E-state index contributed by atoms with van der Waals surface area (Å²) in [5, 5.41) is 0. The molecule has 1 aliphatic rings. The van der Waals surface area contributed by atoms with Crippen LogP contribution in [0.4, 0.5) is 0 Å². The number of allylic oxidation sites excluding steroid dienone is 2. The molecule has 0 amide bonds. The molecule has 2 rings (SSSR count). The second-order valence-corrected chi connectivity index (χ2v) is 5.65. The summed E-state index contributed by atoms with van der Waals surface area (Å²) in [7, 11) is 0. The molecule has 0 heteroatoms. The summed E-state index contributed by atoms with van der Waals surface area (Å²) in [6.07, 6.45) is 6.03. The maximum absolute atomic E-state index is 2.40. The molecular formula is C15H20. The zero-order valence-corrected chi connectivity index (χ0v) is 10.0. The van der Waals surface area contributed by atoms with Crippen molar-refractivity contribution in [3.8, 4) is 0 Å². The van der Waals surface area contributed by atoms with Gasteiger partial charge in [0.05, 0.1) is 0 Å². The third kappa shape index (κ3) is 2.50. The van der Waals surface area contributed by atoms with Crippen LogP contribution < -0.4 is 0 Å². The molecule has 0 nitrogen and oxygen atoms in total. The van der Waals surface area contributed by atoms with Gasteiger partial charge in [-0.3, -0.25) is 0 Å². The summed E-state index contributed by atoms with van der Waals surface area (Å²) in [6, 6.07) is 8.79. The van der Waals surface area contributed by atoms with Crippen molar-refractivity contribution < 1.29 is 0 Å². The fourth-order valence-corrected chi connectivity index (χ4v) is 2.10. The highest BCUT2D eigenvalue weighted by Crippen LogP contribution is 2.33. The van der Waals surface area contributed by atoms with Crippen LogP contribution in [0.15, 0.2) is 30.3 Å². The fourth-order valence-electron chi connectivity index (χ4n) is 2.10. The van der Waals surface area contributed by atoms with Gasteiger partial charge >= 0.3 is 0 Å². The molecule has 0 atom stereocenters. The lowest BCUT2D eigenvalue weighted by Gasteiger charge is -2.18. The summed E-state index contributed by atoms with van der Waals surface area (Å²) in [5.41, 5.74) is 4.99. The Morgan fingerprint density at radius 3 is 2.60 bits per heavy atom. The van der Waals surface area contributed by atoms with Crippen molar-refractivity contribution in [1.29, 1.82) is 0 Å². The first-order chi connectivity index (χ1) is 7.06. The summed E-state index contributed by atoms with van der Waals surface area (Å²) in [4.78, 5) is 0. The van der Waals surface area contributed by atoms with Gasteiger partial charge in [-0.25, -0.2) is 0 Å². The number of rotatable bonds is 2. The summed E-state index contributed by atoms with van der Waals surface area (Å²) in [5.74, 6) is 0. The molecule has 0 saturated heterocycles. The fraction of sp³-hybridized carbons (Fsp3) is 0.467. The Balaban J connectivity index is 2.08. The van der Waals surface area contributed by atoms with Gasteiger partial charge in [0.25, 0.3) is 0 Å². The third-order valence-corrected chi connectivity index (χ3v) is 3.08. The van der Waals surface area contributed by atoms with Gasteiger partial charge in [0.15, 0.2) is 0 Å². The van der Waals surface area contributed by atoms with Crippen LogP contribution in [0.2, 0.25) is 0 Å². The lowest BCUT2D eigenvalue weighted by Crippen LogP contribution is -2.04. The van der Waals surface area contributed by atoms with Crippen molar-refractivity contribution in [2.75, 3.05) is 0 Å². The molecule has 0 bridgehead atoms. The van der Waals surface area contributed by atoms with Crippen LogP contribution >= 0.6 is 0 Å². The van der Waals surface area contributed by atoms with Gasteiger partial charge in [-0.1, -0.05) is 51.1 Å². The van der Waals surface area contributed by atoms with Gasteiger partial charge in [-0.05, 0) is 41.4 Å². The van der Waals surface area contributed by atoms with E-state index in [0.717, 1.165) is 6.42 Å². The van der Waals surface area contributed by atoms with Gasteiger partial charge in [0.2, 0.25) is 0 Å². The van der Waals surface area contributed by atoms with E-state index in [1.165, 1.54) is 24.0 Å². The Bertz CT molecular complexity index is 377. The van der Waals surface area contributed by atoms with Crippen molar-refractivity contribution >= 4 is 5.57 Å². The monoisotopic (exact) mass is 200 g/mol. The predicted molar refractivity (Wildman–Crippen MR) is 66.8 cm³/mol. The maximum atomic E-state index is 2.40. The van der Waals surface area contributed by atoms with E-state index in [1.807, 2.05) is 0 Å². The molecule has 0 aliphatic heterocycles. The smallest absolute Gasteiger partial charge is 0.00854 e. The van der Waals surface area contributed by atoms with E-state index in [2.05, 4.69) is 51.1 Å². The lowest BCUT2D eigenvalue weighted by atomic mass is 9.87. The van der Waals surface area contributed by atoms with Crippen LogP contribution in [0.3, 0.4) is 0 Å². The second-order valence-electron chi connectivity index (χ2n) is 5.65. The molecule has 0 aromatic heterocycles. The molecule has 0 saturated carbocycles. The first-order valence-electron chi connectivity index (χ1n) is 5.83. The minimum absolute atomic E-state index is 0.443. The summed E-state index contributed by atoms with van der Waals surface area (Å²) in [6.45, 7) is 6.94. The van der Waals surface area contributed by atoms with Crippen molar-refractivity contribution in [3.63, 3.8) is 0 Å². The van der Waals surface area contributed by atoms with E-state index in [0.29, 0.717) is 5.41 Å². The molecule has 1 aliphatic carbocycles. The Morgan fingerprint density at radius 1 is 1.13 bits per heavy atom. The molecule has 0 fully saturated rings. The molecule has 80 valence electrons. The second kappa shape index (κ2) is 3.84. The average Bonchev–Trinajstić information content (AvgIpc) is 2.57. The number of hydrogen-bond acceptors (Lipinski definition) is 0. The lowest BCUT2D eigenvalue weighted by molar-refractivity contribution is 0.384. The van der Waals surface area contributed by atoms with Gasteiger partial charge in [-0.2, -0.15) is 0 Å². The van der Waals surface area contributed by atoms with Gasteiger partial charge in [-0.15, -0.1) is 0 Å². The molecule has 0 radical (unpaired) electrons. The van der Waals surface area contributed by atoms with Crippen LogP contribution in [0.1, 0.15) is 44.7 Å². The van der Waals surface area contributed by atoms with E-state index in [1.54, 1.807) is 5.57 Å². The predicted octanol–water partition coefficient (Wildman–Crippen LogP) is 4.45. The summed E-state index contributed by atoms with van der Waals surface area (Å²) < 4.78 is 0. The SMILES string of the molecule is CC(C)(C)CCC1=CCc2ccccc21. The standard InChI is InChI=1S/C15H20/c1-15(2,3)11-10-13-9-8-12-6-4-5-7-14(12)13/h4-7,9H,8,10-11H2,1-3H3. The minimum atomic E-state index is 0.443. The quantitative estimate of drug-likeness (QED) is 0.661. The van der Waals surface area contributed by atoms with E-state index in [-0.39, 0.29) is 0 Å². The van der Waals surface area contributed by atoms with Crippen LogP contribution in [-0.2, 0) is 6.42 Å². The molecule has 0 unspecified atom stereocenters. The van der Waals surface area contributed by atoms with Gasteiger partial charge < -0.3 is 0 Å². The number of hydrogen-bond donors (Lipinski definition) is 0. The molecule has 0 heterocycles. The average molecular weight is 200 g/mol. The van der Waals surface area contributed by atoms with E-state index in [9.17, 15) is 0 Å². The molecule has 15 heavy (non-hydrogen) atoms. The van der Waals surface area contributed by atoms with Gasteiger partial charge in [0.1, 0.15) is 0 Å². The Hall–Kier alpha value is -1.04. The normalized spacial score (nSPS) is 15.0. The van der Waals surface area contributed by atoms with Crippen LogP contribution in [0.25, 0.3) is 5.57 Å². The highest BCUT2D eigenvalue weighted by Gasteiger charge is 2.16. The number of benzene rings is 1. The van der Waals surface area contributed by atoms with E-state index >= 15 is 0 Å². The Kier molecular flexibility index (Phi) is 2.68. The minimum Gasteiger partial charge on any atom is -0.0763 e. The first kappa shape index (κ1) is 10.5. The van der Waals surface area contributed by atoms with Crippen LogP contribution in [0.5, 0.6) is 0 Å². The highest BCUT2D eigenvalue weighted by molar-refractivity contribution is 5.72. The molecular weight excluding hydrogens is 180 g/mol. The summed E-state index contributed by atoms with van der Waals surface area (Å²) >= 11 is 0. The Morgan fingerprint density at radius 2 is 1.87 bits per heavy atom. The topological polar surface area (TPSA) is 0 Å². The molecule has 0 N–H and O–H groups in total. The van der Waals surface area contributed by atoms with E-state index in [4.69, 9.17) is 0 Å². The van der Waals surface area contributed by atoms with E-state index < -0.39 is 0 Å². The Labute approximate surface area is 93.0 Å². The van der Waals surface area contributed by atoms with Crippen LogP contribution in [-0.4, -0.2) is 0 Å². The van der Waals surface area contributed by atoms with Crippen molar-refractivity contribution in [2.24, 2.45) is 5.41 Å². The number of fused-ring (bicyclic) bond motifs is 1. The maximum Gasteiger partial charge on any atom is -0.00854 e. The molecule has 1 aromatic carbocycles.